The van der Waals surface area contributed by atoms with Gasteiger partial charge >= 0.3 is 0 Å². The molecule has 0 bridgehead atoms. The maximum Gasteiger partial charge on any atom is 0.191 e. The number of nitrogens with two attached hydrogens (primary N) is 1. The number of nitrogens with zero attached hydrogens (tertiary/aromatic N) is 2. The molecule has 1 unspecified atom stereocenters. The Bertz CT molecular complexity index is 571. The van der Waals surface area contributed by atoms with Crippen molar-refractivity contribution in [3.63, 3.8) is 0 Å². The Morgan fingerprint density at radius 2 is 2.08 bits per heavy atom. The number of aliphatic imine (C=N–C) groups is 1. The minimum absolute atomic E-state index is 0. The molecule has 7 heteroatoms. The number of aryl methyl sites for hydroxylation is 1. The van der Waals surface area contributed by atoms with Gasteiger partial charge in [-0.15, -0.1) is 24.0 Å². The van der Waals surface area contributed by atoms with E-state index in [-0.39, 0.29) is 24.0 Å². The van der Waals surface area contributed by atoms with E-state index < -0.39 is 0 Å². The highest BCUT2D eigenvalue weighted by atomic mass is 127. The minimum atomic E-state index is 0. The Morgan fingerprint density at radius 3 is 2.80 bits per heavy atom. The predicted octanol–water partition coefficient (Wildman–Crippen LogP) is 2.18. The molecule has 2 heterocycles. The van der Waals surface area contributed by atoms with Crippen LogP contribution in [0.3, 0.4) is 0 Å². The lowest BCUT2D eigenvalue weighted by atomic mass is 10.1. The Morgan fingerprint density at radius 1 is 1.28 bits per heavy atom. The van der Waals surface area contributed by atoms with Crippen LogP contribution in [-0.4, -0.2) is 57.0 Å². The summed E-state index contributed by atoms with van der Waals surface area (Å²) in [7, 11) is 0. The number of benzene rings is 1. The van der Waals surface area contributed by atoms with E-state index in [1.54, 1.807) is 0 Å². The van der Waals surface area contributed by atoms with Gasteiger partial charge in [0.1, 0.15) is 5.75 Å². The summed E-state index contributed by atoms with van der Waals surface area (Å²) in [5.41, 5.74) is 8.36. The molecule has 0 amide bonds. The van der Waals surface area contributed by atoms with Crippen molar-refractivity contribution < 1.29 is 14.2 Å². The summed E-state index contributed by atoms with van der Waals surface area (Å²) in [6.45, 7) is 7.94. The van der Waals surface area contributed by atoms with Gasteiger partial charge in [0.25, 0.3) is 0 Å². The van der Waals surface area contributed by atoms with Gasteiger partial charge in [-0.05, 0) is 25.0 Å². The van der Waals surface area contributed by atoms with Gasteiger partial charge in [-0.2, -0.15) is 0 Å². The summed E-state index contributed by atoms with van der Waals surface area (Å²) in [6, 6.07) is 6.23. The number of halogens is 1. The monoisotopic (exact) mass is 461 g/mol. The molecule has 0 saturated carbocycles. The van der Waals surface area contributed by atoms with Crippen LogP contribution in [0.4, 0.5) is 0 Å². The van der Waals surface area contributed by atoms with Gasteiger partial charge in [0.15, 0.2) is 5.96 Å². The molecule has 0 aliphatic carbocycles. The highest BCUT2D eigenvalue weighted by Crippen LogP contribution is 2.23. The molecule has 1 aromatic carbocycles. The van der Waals surface area contributed by atoms with E-state index in [2.05, 4.69) is 35.0 Å². The zero-order valence-corrected chi connectivity index (χ0v) is 17.1. The summed E-state index contributed by atoms with van der Waals surface area (Å²) in [4.78, 5) is 6.61. The Labute approximate surface area is 166 Å². The maximum absolute atomic E-state index is 6.11. The SMILES string of the molecule is Cc1ccc(CN=C(N)N2CCOCC2)c(OCC2CCOC2)c1.I. The lowest BCUT2D eigenvalue weighted by molar-refractivity contribution is 0.0674. The highest BCUT2D eigenvalue weighted by Gasteiger charge is 2.17. The van der Waals surface area contributed by atoms with E-state index in [0.29, 0.717) is 38.2 Å². The third-order valence-electron chi connectivity index (χ3n) is 4.47. The predicted molar refractivity (Wildman–Crippen MR) is 109 cm³/mol. The molecule has 0 spiro atoms. The van der Waals surface area contributed by atoms with Crippen molar-refractivity contribution >= 4 is 29.9 Å². The molecule has 2 fully saturated rings. The molecular formula is C18H28IN3O3. The van der Waals surface area contributed by atoms with Crippen LogP contribution >= 0.6 is 24.0 Å². The zero-order valence-electron chi connectivity index (χ0n) is 14.8. The van der Waals surface area contributed by atoms with Crippen LogP contribution in [-0.2, 0) is 16.0 Å². The first-order chi connectivity index (χ1) is 11.7. The summed E-state index contributed by atoms with van der Waals surface area (Å²) < 4.78 is 16.8. The van der Waals surface area contributed by atoms with Crippen molar-refractivity contribution in [1.82, 2.24) is 4.90 Å². The number of hydrogen-bond donors (Lipinski definition) is 1. The first-order valence-corrected chi connectivity index (χ1v) is 8.65. The van der Waals surface area contributed by atoms with E-state index in [1.165, 1.54) is 5.56 Å². The second-order valence-electron chi connectivity index (χ2n) is 6.43. The van der Waals surface area contributed by atoms with Crippen molar-refractivity contribution in [3.05, 3.63) is 29.3 Å². The van der Waals surface area contributed by atoms with Crippen LogP contribution in [0, 0.1) is 12.8 Å². The first kappa shape index (κ1) is 20.3. The molecule has 3 rings (SSSR count). The smallest absolute Gasteiger partial charge is 0.191 e. The van der Waals surface area contributed by atoms with Gasteiger partial charge < -0.3 is 24.8 Å². The van der Waals surface area contributed by atoms with Crippen molar-refractivity contribution in [2.75, 3.05) is 46.1 Å². The minimum Gasteiger partial charge on any atom is -0.493 e. The van der Waals surface area contributed by atoms with Crippen LogP contribution < -0.4 is 10.5 Å². The van der Waals surface area contributed by atoms with Crippen molar-refractivity contribution in [2.24, 2.45) is 16.6 Å². The number of morpholine rings is 1. The van der Waals surface area contributed by atoms with Crippen molar-refractivity contribution in [2.45, 2.75) is 19.9 Å². The van der Waals surface area contributed by atoms with E-state index in [1.807, 2.05) is 0 Å². The average molecular weight is 461 g/mol. The fraction of sp³-hybridized carbons (Fsp3) is 0.611. The molecule has 2 saturated heterocycles. The topological polar surface area (TPSA) is 69.3 Å². The molecule has 2 aliphatic heterocycles. The average Bonchev–Trinajstić information content (AvgIpc) is 3.13. The summed E-state index contributed by atoms with van der Waals surface area (Å²) in [5, 5.41) is 0. The Balaban J connectivity index is 0.00000225. The number of hydrogen-bond acceptors (Lipinski definition) is 4. The summed E-state index contributed by atoms with van der Waals surface area (Å²) in [5.74, 6) is 1.97. The molecule has 1 aromatic rings. The van der Waals surface area contributed by atoms with Crippen LogP contribution in [0.5, 0.6) is 5.75 Å². The molecule has 1 atom stereocenters. The van der Waals surface area contributed by atoms with Crippen LogP contribution in [0.2, 0.25) is 0 Å². The van der Waals surface area contributed by atoms with Crippen LogP contribution in [0.1, 0.15) is 17.5 Å². The fourth-order valence-electron chi connectivity index (χ4n) is 2.91. The fourth-order valence-corrected chi connectivity index (χ4v) is 2.91. The summed E-state index contributed by atoms with van der Waals surface area (Å²) in [6.07, 6.45) is 1.07. The molecular weight excluding hydrogens is 433 g/mol. The Kier molecular flexibility index (Phi) is 8.25. The third-order valence-corrected chi connectivity index (χ3v) is 4.47. The zero-order chi connectivity index (χ0) is 16.8. The normalized spacial score (nSPS) is 21.1. The highest BCUT2D eigenvalue weighted by molar-refractivity contribution is 14.0. The van der Waals surface area contributed by atoms with Gasteiger partial charge in [-0.3, -0.25) is 0 Å². The van der Waals surface area contributed by atoms with E-state index in [9.17, 15) is 0 Å². The van der Waals surface area contributed by atoms with Crippen LogP contribution in [0.15, 0.2) is 23.2 Å². The molecule has 2 N–H and O–H groups in total. The largest absolute Gasteiger partial charge is 0.493 e. The standard InChI is InChI=1S/C18H27N3O3.HI/c1-14-2-3-16(11-20-18(19)21-5-8-22-9-6-21)17(10-14)24-13-15-4-7-23-12-15;/h2-3,10,15H,4-9,11-13H2,1H3,(H2,19,20);1H. The Hall–Kier alpha value is -1.06. The summed E-state index contributed by atoms with van der Waals surface area (Å²) >= 11 is 0. The molecule has 0 aromatic heterocycles. The van der Waals surface area contributed by atoms with Crippen LogP contribution in [0.25, 0.3) is 0 Å². The maximum atomic E-state index is 6.11. The quantitative estimate of drug-likeness (QED) is 0.414. The molecule has 0 radical (unpaired) electrons. The lowest BCUT2D eigenvalue weighted by Crippen LogP contribution is -2.44. The van der Waals surface area contributed by atoms with E-state index in [4.69, 9.17) is 19.9 Å². The number of guanidine groups is 1. The molecule has 2 aliphatic rings. The first-order valence-electron chi connectivity index (χ1n) is 8.65. The van der Waals surface area contributed by atoms with E-state index in [0.717, 1.165) is 44.0 Å². The second-order valence-corrected chi connectivity index (χ2v) is 6.43. The second kappa shape index (κ2) is 10.2. The van der Waals surface area contributed by atoms with Gasteiger partial charge in [0, 0.05) is 31.2 Å². The molecule has 140 valence electrons. The third kappa shape index (κ3) is 6.00. The number of ether oxygens (including phenoxy) is 3. The van der Waals surface area contributed by atoms with Crippen molar-refractivity contribution in [3.8, 4) is 5.75 Å². The van der Waals surface area contributed by atoms with Gasteiger partial charge in [-0.25, -0.2) is 4.99 Å². The number of rotatable bonds is 5. The van der Waals surface area contributed by atoms with E-state index >= 15 is 0 Å². The van der Waals surface area contributed by atoms with Gasteiger partial charge in [0.2, 0.25) is 0 Å². The molecule has 25 heavy (non-hydrogen) atoms. The van der Waals surface area contributed by atoms with Gasteiger partial charge in [-0.1, -0.05) is 12.1 Å². The van der Waals surface area contributed by atoms with Gasteiger partial charge in [0.05, 0.1) is 33.0 Å². The lowest BCUT2D eigenvalue weighted by Gasteiger charge is -2.27. The molecule has 6 nitrogen and oxygen atoms in total. The van der Waals surface area contributed by atoms with Crippen molar-refractivity contribution in [1.29, 1.82) is 0 Å².